The molecule has 7 nitrogen and oxygen atoms in total. The normalized spacial score (nSPS) is 20.4. The minimum atomic E-state index is -1.61. The number of hydrogen-bond acceptors (Lipinski definition) is 6. The predicted molar refractivity (Wildman–Crippen MR) is 112 cm³/mol. The molecular weight excluding hydrogens is 428 g/mol. The molecule has 2 aromatic rings. The first-order chi connectivity index (χ1) is 14.3. The number of rotatable bonds is 5. The number of nitrogens with zero attached hydrogens (tertiary/aromatic N) is 2. The summed E-state index contributed by atoms with van der Waals surface area (Å²) in [5, 5.41) is 0. The summed E-state index contributed by atoms with van der Waals surface area (Å²) in [6.07, 6.45) is 0.191. The van der Waals surface area contributed by atoms with Crippen LogP contribution in [-0.2, 0) is 14.3 Å². The van der Waals surface area contributed by atoms with E-state index in [2.05, 4.69) is 0 Å². The van der Waals surface area contributed by atoms with Crippen LogP contribution in [0, 0.1) is 0 Å². The zero-order chi connectivity index (χ0) is 21.6. The number of esters is 1. The number of hydrogen-bond donors (Lipinski definition) is 0. The van der Waals surface area contributed by atoms with Gasteiger partial charge in [-0.2, -0.15) is 0 Å². The SMILES string of the molecule is CC(C)N1C(=O)c2ccccc2N2C(=O)CCC21C(=O)OCC(=O)c1ccc(Cl)s1. The Morgan fingerprint density at radius 1 is 1.20 bits per heavy atom. The van der Waals surface area contributed by atoms with Crippen molar-refractivity contribution in [2.24, 2.45) is 0 Å². The van der Waals surface area contributed by atoms with E-state index in [4.69, 9.17) is 16.3 Å². The molecule has 1 aromatic carbocycles. The van der Waals surface area contributed by atoms with Gasteiger partial charge in [0.15, 0.2) is 6.61 Å². The van der Waals surface area contributed by atoms with Gasteiger partial charge in [-0.05, 0) is 38.1 Å². The van der Waals surface area contributed by atoms with Crippen molar-refractivity contribution in [3.63, 3.8) is 0 Å². The maximum absolute atomic E-state index is 13.4. The summed E-state index contributed by atoms with van der Waals surface area (Å²) in [7, 11) is 0. The molecule has 1 atom stereocenters. The van der Waals surface area contributed by atoms with Crippen molar-refractivity contribution in [2.75, 3.05) is 11.5 Å². The molecule has 0 aliphatic carbocycles. The number of fused-ring (bicyclic) bond motifs is 3. The Hall–Kier alpha value is -2.71. The molecule has 0 spiro atoms. The van der Waals surface area contributed by atoms with Crippen molar-refractivity contribution in [1.82, 2.24) is 4.90 Å². The van der Waals surface area contributed by atoms with Crippen LogP contribution in [-0.4, -0.2) is 46.8 Å². The molecule has 2 aliphatic rings. The van der Waals surface area contributed by atoms with E-state index in [1.54, 1.807) is 50.2 Å². The molecule has 2 amide bonds. The van der Waals surface area contributed by atoms with Crippen LogP contribution in [0.1, 0.15) is 46.7 Å². The second-order valence-electron chi connectivity index (χ2n) is 7.43. The Kier molecular flexibility index (Phi) is 5.15. The number of carbonyl (C=O) groups excluding carboxylic acids is 4. The summed E-state index contributed by atoms with van der Waals surface area (Å²) in [6, 6.07) is 9.49. The Bertz CT molecular complexity index is 1070. The summed E-state index contributed by atoms with van der Waals surface area (Å²) >= 11 is 6.96. The lowest BCUT2D eigenvalue weighted by molar-refractivity contribution is -0.157. The third-order valence-electron chi connectivity index (χ3n) is 5.33. The van der Waals surface area contributed by atoms with Crippen molar-refractivity contribution in [2.45, 2.75) is 38.4 Å². The first kappa shape index (κ1) is 20.6. The van der Waals surface area contributed by atoms with E-state index in [9.17, 15) is 19.2 Å². The Balaban J connectivity index is 1.71. The molecule has 156 valence electrons. The maximum Gasteiger partial charge on any atom is 0.354 e. The third kappa shape index (κ3) is 3.02. The Morgan fingerprint density at radius 3 is 2.60 bits per heavy atom. The number of halogens is 1. The lowest BCUT2D eigenvalue weighted by Gasteiger charge is -2.50. The van der Waals surface area contributed by atoms with E-state index in [0.29, 0.717) is 20.5 Å². The summed E-state index contributed by atoms with van der Waals surface area (Å²) in [6.45, 7) is 3.06. The number of thiophene rings is 1. The second-order valence-corrected chi connectivity index (χ2v) is 9.15. The van der Waals surface area contributed by atoms with Gasteiger partial charge in [0.1, 0.15) is 0 Å². The largest absolute Gasteiger partial charge is 0.454 e. The number of anilines is 1. The molecule has 0 N–H and O–H groups in total. The number of ether oxygens (including phenoxy) is 1. The summed E-state index contributed by atoms with van der Waals surface area (Å²) < 4.78 is 5.85. The van der Waals surface area contributed by atoms with Gasteiger partial charge in [0, 0.05) is 18.9 Å². The summed E-state index contributed by atoms with van der Waals surface area (Å²) in [4.78, 5) is 55.0. The van der Waals surface area contributed by atoms with Crippen LogP contribution in [0.2, 0.25) is 4.34 Å². The van der Waals surface area contributed by atoms with Crippen LogP contribution >= 0.6 is 22.9 Å². The molecule has 4 rings (SSSR count). The molecule has 1 fully saturated rings. The van der Waals surface area contributed by atoms with E-state index in [-0.39, 0.29) is 30.7 Å². The standard InChI is InChI=1S/C21H19ClN2O5S/c1-12(2)23-19(27)13-5-3-4-6-14(13)24-18(26)9-10-21(23,24)20(28)29-11-15(25)16-7-8-17(22)30-16/h3-8,12H,9-11H2,1-2H3. The molecule has 30 heavy (non-hydrogen) atoms. The van der Waals surface area contributed by atoms with Crippen LogP contribution in [0.15, 0.2) is 36.4 Å². The van der Waals surface area contributed by atoms with Crippen molar-refractivity contribution in [3.8, 4) is 0 Å². The number of Topliss-reactive ketones (excluding diaryl/α,β-unsaturated/α-hetero) is 1. The zero-order valence-corrected chi connectivity index (χ0v) is 18.0. The van der Waals surface area contributed by atoms with Crippen LogP contribution in [0.25, 0.3) is 0 Å². The third-order valence-corrected chi connectivity index (χ3v) is 6.60. The monoisotopic (exact) mass is 446 g/mol. The molecule has 2 aliphatic heterocycles. The van der Waals surface area contributed by atoms with E-state index >= 15 is 0 Å². The highest BCUT2D eigenvalue weighted by Crippen LogP contribution is 2.46. The quantitative estimate of drug-likeness (QED) is 0.518. The zero-order valence-electron chi connectivity index (χ0n) is 16.4. The lowest BCUT2D eigenvalue weighted by atomic mass is 9.95. The predicted octanol–water partition coefficient (Wildman–Crippen LogP) is 3.51. The molecule has 1 unspecified atom stereocenters. The second kappa shape index (κ2) is 7.52. The Morgan fingerprint density at radius 2 is 1.93 bits per heavy atom. The van der Waals surface area contributed by atoms with E-state index in [0.717, 1.165) is 11.3 Å². The molecule has 9 heteroatoms. The first-order valence-electron chi connectivity index (χ1n) is 9.49. The highest BCUT2D eigenvalue weighted by atomic mass is 35.5. The summed E-state index contributed by atoms with van der Waals surface area (Å²) in [5.41, 5.74) is -0.867. The van der Waals surface area contributed by atoms with Crippen LogP contribution in [0.5, 0.6) is 0 Å². The van der Waals surface area contributed by atoms with Crippen LogP contribution < -0.4 is 4.90 Å². The molecular formula is C21H19ClN2O5S. The minimum Gasteiger partial charge on any atom is -0.454 e. The van der Waals surface area contributed by atoms with Crippen molar-refractivity contribution in [3.05, 3.63) is 51.2 Å². The van der Waals surface area contributed by atoms with Gasteiger partial charge in [-0.1, -0.05) is 23.7 Å². The molecule has 0 radical (unpaired) electrons. The van der Waals surface area contributed by atoms with Gasteiger partial charge < -0.3 is 9.64 Å². The first-order valence-corrected chi connectivity index (χ1v) is 10.7. The van der Waals surface area contributed by atoms with E-state index in [1.165, 1.54) is 9.80 Å². The highest BCUT2D eigenvalue weighted by Gasteiger charge is 2.62. The van der Waals surface area contributed by atoms with Crippen molar-refractivity contribution < 1.29 is 23.9 Å². The fourth-order valence-corrected chi connectivity index (χ4v) is 5.12. The Labute approximate surface area is 182 Å². The van der Waals surface area contributed by atoms with Crippen LogP contribution in [0.3, 0.4) is 0 Å². The van der Waals surface area contributed by atoms with Gasteiger partial charge in [0.2, 0.25) is 17.4 Å². The molecule has 0 bridgehead atoms. The average molecular weight is 447 g/mol. The highest BCUT2D eigenvalue weighted by molar-refractivity contribution is 7.18. The van der Waals surface area contributed by atoms with Gasteiger partial charge in [0.25, 0.3) is 5.91 Å². The van der Waals surface area contributed by atoms with Gasteiger partial charge in [-0.3, -0.25) is 19.3 Å². The smallest absolute Gasteiger partial charge is 0.354 e. The fraction of sp³-hybridized carbons (Fsp3) is 0.333. The average Bonchev–Trinajstić information content (AvgIpc) is 3.30. The number of ketones is 1. The number of amides is 2. The topological polar surface area (TPSA) is 84.0 Å². The van der Waals surface area contributed by atoms with Crippen LogP contribution in [0.4, 0.5) is 5.69 Å². The summed E-state index contributed by atoms with van der Waals surface area (Å²) in [5.74, 6) is -1.80. The minimum absolute atomic E-state index is 0.0917. The van der Waals surface area contributed by atoms with Crippen molar-refractivity contribution >= 4 is 52.2 Å². The van der Waals surface area contributed by atoms with Gasteiger partial charge in [0.05, 0.1) is 20.5 Å². The van der Waals surface area contributed by atoms with E-state index < -0.39 is 24.0 Å². The fourth-order valence-electron chi connectivity index (χ4n) is 4.16. The van der Waals surface area contributed by atoms with Gasteiger partial charge in [-0.15, -0.1) is 11.3 Å². The van der Waals surface area contributed by atoms with Crippen molar-refractivity contribution in [1.29, 1.82) is 0 Å². The molecule has 1 saturated heterocycles. The lowest BCUT2D eigenvalue weighted by Crippen LogP contribution is -2.70. The maximum atomic E-state index is 13.4. The van der Waals surface area contributed by atoms with Gasteiger partial charge >= 0.3 is 5.97 Å². The molecule has 3 heterocycles. The number of carbonyl (C=O) groups is 4. The van der Waals surface area contributed by atoms with Gasteiger partial charge in [-0.25, -0.2) is 4.79 Å². The molecule has 0 saturated carbocycles. The molecule has 1 aromatic heterocycles. The number of para-hydroxylation sites is 1. The van der Waals surface area contributed by atoms with E-state index in [1.807, 2.05) is 0 Å². The number of benzene rings is 1.